The van der Waals surface area contributed by atoms with Gasteiger partial charge in [-0.15, -0.1) is 0 Å². The maximum absolute atomic E-state index is 11.4. The minimum Gasteiger partial charge on any atom is -0.342 e. The van der Waals surface area contributed by atoms with Crippen molar-refractivity contribution in [1.82, 2.24) is 9.88 Å². The van der Waals surface area contributed by atoms with Gasteiger partial charge in [0.1, 0.15) is 5.82 Å². The fourth-order valence-corrected chi connectivity index (χ4v) is 1.76. The molecule has 1 aliphatic heterocycles. The first-order chi connectivity index (χ1) is 7.27. The molecule has 1 aromatic rings. The molecule has 0 unspecified atom stereocenters. The number of carbonyl (C=O) groups is 1. The molecule has 0 bridgehead atoms. The van der Waals surface area contributed by atoms with Gasteiger partial charge in [-0.1, -0.05) is 6.07 Å². The number of carbonyl (C=O) groups excluding carboxylic acids is 1. The molecule has 0 spiro atoms. The lowest BCUT2D eigenvalue weighted by molar-refractivity contribution is -0.127. The zero-order valence-electron chi connectivity index (χ0n) is 8.89. The molecule has 1 amide bonds. The molecule has 1 aliphatic rings. The van der Waals surface area contributed by atoms with E-state index in [9.17, 15) is 4.79 Å². The summed E-state index contributed by atoms with van der Waals surface area (Å²) in [4.78, 5) is 19.5. The van der Waals surface area contributed by atoms with Crippen LogP contribution in [0.1, 0.15) is 12.8 Å². The summed E-state index contributed by atoms with van der Waals surface area (Å²) in [6, 6.07) is 5.78. The highest BCUT2D eigenvalue weighted by molar-refractivity contribution is 5.78. The Morgan fingerprint density at radius 2 is 2.40 bits per heavy atom. The molecule has 0 radical (unpaired) electrons. The maximum atomic E-state index is 11.4. The average molecular weight is 205 g/mol. The van der Waals surface area contributed by atoms with Gasteiger partial charge in [0.15, 0.2) is 0 Å². The molecule has 1 fully saturated rings. The van der Waals surface area contributed by atoms with Gasteiger partial charge in [-0.2, -0.15) is 0 Å². The highest BCUT2D eigenvalue weighted by Crippen LogP contribution is 2.13. The molecule has 15 heavy (non-hydrogen) atoms. The van der Waals surface area contributed by atoms with Crippen molar-refractivity contribution in [1.29, 1.82) is 0 Å². The Kier molecular flexibility index (Phi) is 2.85. The van der Waals surface area contributed by atoms with Crippen molar-refractivity contribution in [3.8, 4) is 0 Å². The van der Waals surface area contributed by atoms with Crippen LogP contribution in [-0.4, -0.2) is 36.1 Å². The minimum atomic E-state index is 0.248. The number of hydrogen-bond donors (Lipinski definition) is 0. The van der Waals surface area contributed by atoms with Gasteiger partial charge < -0.3 is 9.80 Å². The smallest absolute Gasteiger partial charge is 0.224 e. The van der Waals surface area contributed by atoms with Crippen molar-refractivity contribution in [2.24, 2.45) is 0 Å². The standard InChI is InChI=1S/C11H15N3O/c1-13(10-5-2-3-7-12-10)9-14-8-4-6-11(14)15/h2-3,5,7H,4,6,8-9H2,1H3. The quantitative estimate of drug-likeness (QED) is 0.741. The maximum Gasteiger partial charge on any atom is 0.224 e. The van der Waals surface area contributed by atoms with Crippen molar-refractivity contribution in [3.63, 3.8) is 0 Å². The van der Waals surface area contributed by atoms with E-state index in [2.05, 4.69) is 4.98 Å². The minimum absolute atomic E-state index is 0.248. The largest absolute Gasteiger partial charge is 0.342 e. The van der Waals surface area contributed by atoms with E-state index in [4.69, 9.17) is 0 Å². The van der Waals surface area contributed by atoms with E-state index in [-0.39, 0.29) is 5.91 Å². The molecule has 1 saturated heterocycles. The van der Waals surface area contributed by atoms with Crippen molar-refractivity contribution in [2.45, 2.75) is 12.8 Å². The second-order valence-electron chi connectivity index (χ2n) is 3.79. The summed E-state index contributed by atoms with van der Waals surface area (Å²) in [5.41, 5.74) is 0. The van der Waals surface area contributed by atoms with Crippen LogP contribution in [0.5, 0.6) is 0 Å². The average Bonchev–Trinajstić information content (AvgIpc) is 2.66. The molecule has 0 aromatic carbocycles. The second kappa shape index (κ2) is 4.29. The Hall–Kier alpha value is -1.58. The van der Waals surface area contributed by atoms with Crippen LogP contribution < -0.4 is 4.90 Å². The predicted octanol–water partition coefficient (Wildman–Crippen LogP) is 1.10. The number of anilines is 1. The molecule has 4 heteroatoms. The molecule has 4 nitrogen and oxygen atoms in total. The topological polar surface area (TPSA) is 36.4 Å². The first-order valence-electron chi connectivity index (χ1n) is 5.17. The number of hydrogen-bond acceptors (Lipinski definition) is 3. The van der Waals surface area contributed by atoms with Crippen LogP contribution >= 0.6 is 0 Å². The molecular weight excluding hydrogens is 190 g/mol. The van der Waals surface area contributed by atoms with Gasteiger partial charge in [0.25, 0.3) is 0 Å². The first kappa shape index (κ1) is 9.96. The normalized spacial score (nSPS) is 15.8. The zero-order chi connectivity index (χ0) is 10.7. The van der Waals surface area contributed by atoms with Gasteiger partial charge in [0.05, 0.1) is 6.67 Å². The number of amides is 1. The van der Waals surface area contributed by atoms with Gasteiger partial charge in [-0.05, 0) is 18.6 Å². The van der Waals surface area contributed by atoms with Crippen LogP contribution in [0.25, 0.3) is 0 Å². The fourth-order valence-electron chi connectivity index (χ4n) is 1.76. The van der Waals surface area contributed by atoms with E-state index in [1.54, 1.807) is 6.20 Å². The third-order valence-electron chi connectivity index (χ3n) is 2.59. The summed E-state index contributed by atoms with van der Waals surface area (Å²) in [6.45, 7) is 1.51. The lowest BCUT2D eigenvalue weighted by Crippen LogP contribution is -2.36. The number of rotatable bonds is 3. The molecule has 2 heterocycles. The fraction of sp³-hybridized carbons (Fsp3) is 0.455. The number of aromatic nitrogens is 1. The number of pyridine rings is 1. The summed E-state index contributed by atoms with van der Waals surface area (Å²) >= 11 is 0. The lowest BCUT2D eigenvalue weighted by Gasteiger charge is -2.24. The van der Waals surface area contributed by atoms with Crippen LogP contribution in [-0.2, 0) is 4.79 Å². The lowest BCUT2D eigenvalue weighted by atomic mass is 10.4. The molecular formula is C11H15N3O. The summed E-state index contributed by atoms with van der Waals surface area (Å²) in [5, 5.41) is 0. The Bertz CT molecular complexity index is 339. The van der Waals surface area contributed by atoms with Crippen LogP contribution in [0.3, 0.4) is 0 Å². The van der Waals surface area contributed by atoms with Gasteiger partial charge in [-0.25, -0.2) is 4.98 Å². The molecule has 0 aliphatic carbocycles. The summed E-state index contributed by atoms with van der Waals surface area (Å²) in [7, 11) is 1.95. The third kappa shape index (κ3) is 2.26. The van der Waals surface area contributed by atoms with E-state index in [0.717, 1.165) is 18.8 Å². The molecule has 1 aromatic heterocycles. The van der Waals surface area contributed by atoms with Gasteiger partial charge in [0.2, 0.25) is 5.91 Å². The SMILES string of the molecule is CN(CN1CCCC1=O)c1ccccn1. The van der Waals surface area contributed by atoms with Gasteiger partial charge in [-0.3, -0.25) is 4.79 Å². The van der Waals surface area contributed by atoms with E-state index >= 15 is 0 Å². The molecule has 80 valence electrons. The second-order valence-corrected chi connectivity index (χ2v) is 3.79. The van der Waals surface area contributed by atoms with Crippen LogP contribution in [0.15, 0.2) is 24.4 Å². The van der Waals surface area contributed by atoms with E-state index in [0.29, 0.717) is 13.1 Å². The van der Waals surface area contributed by atoms with Crippen LogP contribution in [0, 0.1) is 0 Å². The van der Waals surface area contributed by atoms with Crippen molar-refractivity contribution in [3.05, 3.63) is 24.4 Å². The third-order valence-corrected chi connectivity index (χ3v) is 2.59. The Morgan fingerprint density at radius 3 is 3.00 bits per heavy atom. The Labute approximate surface area is 89.5 Å². The van der Waals surface area contributed by atoms with Gasteiger partial charge in [0, 0.05) is 26.2 Å². The van der Waals surface area contributed by atoms with Crippen molar-refractivity contribution < 1.29 is 4.79 Å². The Morgan fingerprint density at radius 1 is 1.53 bits per heavy atom. The highest BCUT2D eigenvalue weighted by Gasteiger charge is 2.21. The highest BCUT2D eigenvalue weighted by atomic mass is 16.2. The van der Waals surface area contributed by atoms with E-state index < -0.39 is 0 Å². The summed E-state index contributed by atoms with van der Waals surface area (Å²) in [6.07, 6.45) is 3.43. The molecule has 2 rings (SSSR count). The number of likely N-dealkylation sites (tertiary alicyclic amines) is 1. The predicted molar refractivity (Wildman–Crippen MR) is 58.5 cm³/mol. The van der Waals surface area contributed by atoms with E-state index in [1.165, 1.54) is 0 Å². The van der Waals surface area contributed by atoms with Crippen molar-refractivity contribution in [2.75, 3.05) is 25.2 Å². The van der Waals surface area contributed by atoms with Gasteiger partial charge >= 0.3 is 0 Å². The molecule has 0 N–H and O–H groups in total. The van der Waals surface area contributed by atoms with Crippen molar-refractivity contribution >= 4 is 11.7 Å². The number of nitrogens with zero attached hydrogens (tertiary/aromatic N) is 3. The monoisotopic (exact) mass is 205 g/mol. The first-order valence-corrected chi connectivity index (χ1v) is 5.17. The van der Waals surface area contributed by atoms with Crippen LogP contribution in [0.2, 0.25) is 0 Å². The summed E-state index contributed by atoms with van der Waals surface area (Å²) < 4.78 is 0. The van der Waals surface area contributed by atoms with Crippen LogP contribution in [0.4, 0.5) is 5.82 Å². The zero-order valence-corrected chi connectivity index (χ0v) is 8.89. The summed E-state index contributed by atoms with van der Waals surface area (Å²) in [5.74, 6) is 1.15. The molecule has 0 atom stereocenters. The Balaban J connectivity index is 1.98. The molecule has 0 saturated carbocycles. The van der Waals surface area contributed by atoms with E-state index in [1.807, 2.05) is 35.0 Å².